The minimum Gasteiger partial charge on any atom is -0.342 e. The standard InChI is InChI=1S/C21H27FN4O/c1-26(21(27)17-6-5-12-23-15-17)13-4-2-3-7-19-14-20(25-24-19)16-8-10-18(22)11-9-16/h5-6,8-12,15,19-20,24-25H,2-4,7,13-14H2,1H3. The van der Waals surface area contributed by atoms with Crippen molar-refractivity contribution in [2.45, 2.75) is 44.2 Å². The fourth-order valence-electron chi connectivity index (χ4n) is 3.45. The van der Waals surface area contributed by atoms with Crippen molar-refractivity contribution in [1.29, 1.82) is 0 Å². The number of carbonyl (C=O) groups excluding carboxylic acids is 1. The SMILES string of the molecule is CN(CCCCCC1CC(c2ccc(F)cc2)NN1)C(=O)c1cccnc1. The van der Waals surface area contributed by atoms with Gasteiger partial charge in [-0.25, -0.2) is 4.39 Å². The van der Waals surface area contributed by atoms with Crippen LogP contribution in [-0.2, 0) is 0 Å². The molecule has 1 aliphatic heterocycles. The molecule has 0 radical (unpaired) electrons. The van der Waals surface area contributed by atoms with Crippen LogP contribution in [-0.4, -0.2) is 35.4 Å². The van der Waals surface area contributed by atoms with E-state index in [1.54, 1.807) is 29.4 Å². The molecule has 1 aliphatic rings. The Hall–Kier alpha value is -2.31. The third-order valence-electron chi connectivity index (χ3n) is 5.06. The number of benzene rings is 1. The van der Waals surface area contributed by atoms with Gasteiger partial charge in [0.15, 0.2) is 0 Å². The van der Waals surface area contributed by atoms with Gasteiger partial charge >= 0.3 is 0 Å². The lowest BCUT2D eigenvalue weighted by atomic mass is 9.99. The molecule has 2 unspecified atom stereocenters. The summed E-state index contributed by atoms with van der Waals surface area (Å²) in [5, 5.41) is 0. The molecule has 0 aliphatic carbocycles. The summed E-state index contributed by atoms with van der Waals surface area (Å²) in [4.78, 5) is 18.0. The monoisotopic (exact) mass is 370 g/mol. The average Bonchev–Trinajstić information content (AvgIpc) is 3.17. The number of rotatable bonds is 8. The summed E-state index contributed by atoms with van der Waals surface area (Å²) in [5.74, 6) is -0.180. The van der Waals surface area contributed by atoms with E-state index in [1.165, 1.54) is 12.1 Å². The maximum absolute atomic E-state index is 13.0. The van der Waals surface area contributed by atoms with Crippen molar-refractivity contribution in [3.05, 3.63) is 65.7 Å². The second-order valence-electron chi connectivity index (χ2n) is 7.14. The summed E-state index contributed by atoms with van der Waals surface area (Å²) in [6.07, 6.45) is 8.56. The molecule has 2 N–H and O–H groups in total. The Labute approximate surface area is 160 Å². The Morgan fingerprint density at radius 3 is 2.74 bits per heavy atom. The molecule has 6 heteroatoms. The van der Waals surface area contributed by atoms with E-state index in [9.17, 15) is 9.18 Å². The Morgan fingerprint density at radius 1 is 1.19 bits per heavy atom. The van der Waals surface area contributed by atoms with Crippen LogP contribution in [0, 0.1) is 5.82 Å². The van der Waals surface area contributed by atoms with Crippen molar-refractivity contribution in [1.82, 2.24) is 20.7 Å². The van der Waals surface area contributed by atoms with Crippen LogP contribution in [0.1, 0.15) is 54.1 Å². The van der Waals surface area contributed by atoms with Gasteiger partial charge in [0, 0.05) is 38.1 Å². The van der Waals surface area contributed by atoms with E-state index in [1.807, 2.05) is 19.2 Å². The molecular weight excluding hydrogens is 343 g/mol. The van der Waals surface area contributed by atoms with Gasteiger partial charge in [-0.3, -0.25) is 20.6 Å². The molecule has 1 fully saturated rings. The Kier molecular flexibility index (Phi) is 6.90. The van der Waals surface area contributed by atoms with Crippen molar-refractivity contribution in [3.63, 3.8) is 0 Å². The lowest BCUT2D eigenvalue weighted by Gasteiger charge is -2.17. The van der Waals surface area contributed by atoms with Crippen molar-refractivity contribution in [3.8, 4) is 0 Å². The van der Waals surface area contributed by atoms with Gasteiger partial charge < -0.3 is 4.90 Å². The summed E-state index contributed by atoms with van der Waals surface area (Å²) in [6, 6.07) is 10.9. The van der Waals surface area contributed by atoms with Crippen molar-refractivity contribution >= 4 is 5.91 Å². The highest BCUT2D eigenvalue weighted by atomic mass is 19.1. The second-order valence-corrected chi connectivity index (χ2v) is 7.14. The van der Waals surface area contributed by atoms with Crippen LogP contribution < -0.4 is 10.9 Å². The number of nitrogens with one attached hydrogen (secondary N) is 2. The molecule has 3 rings (SSSR count). The third-order valence-corrected chi connectivity index (χ3v) is 5.06. The largest absolute Gasteiger partial charge is 0.342 e. The van der Waals surface area contributed by atoms with Gasteiger partial charge in [0.2, 0.25) is 0 Å². The molecule has 144 valence electrons. The van der Waals surface area contributed by atoms with Crippen LogP contribution in [0.5, 0.6) is 0 Å². The second kappa shape index (κ2) is 9.58. The Bertz CT molecular complexity index is 723. The van der Waals surface area contributed by atoms with Crippen molar-refractivity contribution in [2.75, 3.05) is 13.6 Å². The maximum atomic E-state index is 13.0. The van der Waals surface area contributed by atoms with Gasteiger partial charge in [-0.15, -0.1) is 0 Å². The molecule has 0 spiro atoms. The van der Waals surface area contributed by atoms with Gasteiger partial charge in [0.05, 0.1) is 5.56 Å². The zero-order valence-corrected chi connectivity index (χ0v) is 15.7. The lowest BCUT2D eigenvalue weighted by Crippen LogP contribution is -2.30. The van der Waals surface area contributed by atoms with Crippen LogP contribution in [0.4, 0.5) is 4.39 Å². The third kappa shape index (κ3) is 5.58. The molecule has 5 nitrogen and oxygen atoms in total. The zero-order chi connectivity index (χ0) is 19.1. The smallest absolute Gasteiger partial charge is 0.255 e. The summed E-state index contributed by atoms with van der Waals surface area (Å²) in [6.45, 7) is 0.752. The molecule has 0 bridgehead atoms. The van der Waals surface area contributed by atoms with Gasteiger partial charge in [-0.2, -0.15) is 0 Å². The first-order chi connectivity index (χ1) is 13.1. The first-order valence-electron chi connectivity index (χ1n) is 9.55. The molecule has 2 heterocycles. The zero-order valence-electron chi connectivity index (χ0n) is 15.7. The van der Waals surface area contributed by atoms with Crippen molar-refractivity contribution in [2.24, 2.45) is 0 Å². The molecular formula is C21H27FN4O. The van der Waals surface area contributed by atoms with E-state index in [4.69, 9.17) is 0 Å². The lowest BCUT2D eigenvalue weighted by molar-refractivity contribution is 0.0792. The van der Waals surface area contributed by atoms with Crippen LogP contribution in [0.25, 0.3) is 0 Å². The molecule has 1 amide bonds. The highest BCUT2D eigenvalue weighted by molar-refractivity contribution is 5.93. The van der Waals surface area contributed by atoms with Crippen LogP contribution >= 0.6 is 0 Å². The van der Waals surface area contributed by atoms with Crippen molar-refractivity contribution < 1.29 is 9.18 Å². The number of hydrogen-bond donors (Lipinski definition) is 2. The van der Waals surface area contributed by atoms with Crippen LogP contribution in [0.3, 0.4) is 0 Å². The van der Waals surface area contributed by atoms with Gasteiger partial charge in [-0.05, 0) is 49.1 Å². The minimum absolute atomic E-state index is 0.0203. The molecule has 0 saturated carbocycles. The first-order valence-corrected chi connectivity index (χ1v) is 9.55. The van der Waals surface area contributed by atoms with E-state index < -0.39 is 0 Å². The van der Waals surface area contributed by atoms with Crippen LogP contribution in [0.15, 0.2) is 48.8 Å². The highest BCUT2D eigenvalue weighted by Crippen LogP contribution is 2.24. The van der Waals surface area contributed by atoms with E-state index in [2.05, 4.69) is 15.8 Å². The number of halogens is 1. The summed E-state index contributed by atoms with van der Waals surface area (Å²) in [5.41, 5.74) is 8.39. The fourth-order valence-corrected chi connectivity index (χ4v) is 3.45. The van der Waals surface area contributed by atoms with E-state index in [0.29, 0.717) is 11.6 Å². The molecule has 1 aromatic heterocycles. The highest BCUT2D eigenvalue weighted by Gasteiger charge is 2.24. The van der Waals surface area contributed by atoms with Gasteiger partial charge in [0.1, 0.15) is 5.82 Å². The fraction of sp³-hybridized carbons (Fsp3) is 0.429. The summed E-state index contributed by atoms with van der Waals surface area (Å²) >= 11 is 0. The molecule has 1 saturated heterocycles. The van der Waals surface area contributed by atoms with Gasteiger partial charge in [-0.1, -0.05) is 25.0 Å². The molecule has 1 aromatic carbocycles. The number of pyridine rings is 1. The summed E-state index contributed by atoms with van der Waals surface area (Å²) in [7, 11) is 1.84. The minimum atomic E-state index is -0.201. The average molecular weight is 370 g/mol. The predicted molar refractivity (Wildman–Crippen MR) is 103 cm³/mol. The van der Waals surface area contributed by atoms with Gasteiger partial charge in [0.25, 0.3) is 5.91 Å². The quantitative estimate of drug-likeness (QED) is 0.699. The maximum Gasteiger partial charge on any atom is 0.255 e. The van der Waals surface area contributed by atoms with E-state index >= 15 is 0 Å². The number of hydrazine groups is 1. The van der Waals surface area contributed by atoms with Crippen LogP contribution in [0.2, 0.25) is 0 Å². The van der Waals surface area contributed by atoms with E-state index in [-0.39, 0.29) is 17.8 Å². The number of amides is 1. The number of hydrogen-bond acceptors (Lipinski definition) is 4. The molecule has 2 atom stereocenters. The number of aromatic nitrogens is 1. The van der Waals surface area contributed by atoms with E-state index in [0.717, 1.165) is 44.2 Å². The summed E-state index contributed by atoms with van der Waals surface area (Å²) < 4.78 is 13.0. The number of nitrogens with zero attached hydrogens (tertiary/aromatic N) is 2. The normalized spacial score (nSPS) is 19.2. The number of unbranched alkanes of at least 4 members (excludes halogenated alkanes) is 2. The first kappa shape index (κ1) is 19.5. The molecule has 27 heavy (non-hydrogen) atoms. The Balaban J connectivity index is 1.31. The topological polar surface area (TPSA) is 57.3 Å². The molecule has 2 aromatic rings. The predicted octanol–water partition coefficient (Wildman–Crippen LogP) is 3.46. The number of carbonyl (C=O) groups is 1. The Morgan fingerprint density at radius 2 is 2.00 bits per heavy atom.